The summed E-state index contributed by atoms with van der Waals surface area (Å²) in [5, 5.41) is 15.4. The zero-order valence-corrected chi connectivity index (χ0v) is 10.2. The van der Waals surface area contributed by atoms with E-state index in [0.717, 1.165) is 5.52 Å². The van der Waals surface area contributed by atoms with Gasteiger partial charge in [-0.3, -0.25) is 4.68 Å². The molecule has 1 aromatic carbocycles. The molecular formula is C14H18N2O. The van der Waals surface area contributed by atoms with Crippen LogP contribution in [-0.4, -0.2) is 14.9 Å². The predicted molar refractivity (Wildman–Crippen MR) is 68.2 cm³/mol. The first-order valence-electron chi connectivity index (χ1n) is 6.41. The summed E-state index contributed by atoms with van der Waals surface area (Å²) in [5.74, 6) is 0.924. The van der Waals surface area contributed by atoms with Gasteiger partial charge in [0.05, 0.1) is 11.2 Å². The molecular weight excluding hydrogens is 212 g/mol. The largest absolute Gasteiger partial charge is 0.508 e. The van der Waals surface area contributed by atoms with E-state index in [2.05, 4.69) is 5.10 Å². The number of phenolic OH excluding ortho intramolecular Hbond substituents is 1. The molecule has 0 saturated heterocycles. The number of hydrogen-bond donors (Lipinski definition) is 1. The van der Waals surface area contributed by atoms with Crippen molar-refractivity contribution in [1.82, 2.24) is 9.78 Å². The van der Waals surface area contributed by atoms with Crippen LogP contribution in [0, 0.1) is 0 Å². The van der Waals surface area contributed by atoms with E-state index in [9.17, 15) is 5.11 Å². The van der Waals surface area contributed by atoms with E-state index < -0.39 is 0 Å². The van der Waals surface area contributed by atoms with Gasteiger partial charge in [-0.2, -0.15) is 5.10 Å². The van der Waals surface area contributed by atoms with Gasteiger partial charge in [-0.1, -0.05) is 19.3 Å². The van der Waals surface area contributed by atoms with Crippen molar-refractivity contribution in [2.24, 2.45) is 7.05 Å². The maximum absolute atomic E-state index is 9.53. The summed E-state index contributed by atoms with van der Waals surface area (Å²) >= 11 is 0. The highest BCUT2D eigenvalue weighted by atomic mass is 16.3. The highest BCUT2D eigenvalue weighted by molar-refractivity contribution is 5.83. The average molecular weight is 230 g/mol. The van der Waals surface area contributed by atoms with E-state index in [0.29, 0.717) is 11.7 Å². The van der Waals surface area contributed by atoms with E-state index >= 15 is 0 Å². The lowest BCUT2D eigenvalue weighted by molar-refractivity contribution is 0.435. The lowest BCUT2D eigenvalue weighted by Gasteiger charge is -2.19. The zero-order chi connectivity index (χ0) is 11.8. The van der Waals surface area contributed by atoms with Crippen LogP contribution in [-0.2, 0) is 7.05 Å². The van der Waals surface area contributed by atoms with Gasteiger partial charge in [0.15, 0.2) is 0 Å². The molecule has 0 bridgehead atoms. The molecule has 3 rings (SSSR count). The van der Waals surface area contributed by atoms with Crippen LogP contribution in [0.15, 0.2) is 18.2 Å². The van der Waals surface area contributed by atoms with Crippen LogP contribution in [0.3, 0.4) is 0 Å². The molecule has 0 radical (unpaired) electrons. The summed E-state index contributed by atoms with van der Waals surface area (Å²) in [7, 11) is 1.95. The molecule has 0 aliphatic heterocycles. The van der Waals surface area contributed by atoms with E-state index in [1.54, 1.807) is 12.1 Å². The van der Waals surface area contributed by atoms with Gasteiger partial charge in [-0.15, -0.1) is 0 Å². The van der Waals surface area contributed by atoms with Crippen LogP contribution < -0.4 is 0 Å². The van der Waals surface area contributed by atoms with E-state index in [1.807, 2.05) is 17.8 Å². The van der Waals surface area contributed by atoms with Crippen LogP contribution in [0.1, 0.15) is 43.7 Å². The van der Waals surface area contributed by atoms with Gasteiger partial charge in [0.1, 0.15) is 5.75 Å². The minimum Gasteiger partial charge on any atom is -0.508 e. The van der Waals surface area contributed by atoms with E-state index in [-0.39, 0.29) is 0 Å². The minimum atomic E-state index is 0.315. The van der Waals surface area contributed by atoms with Crippen molar-refractivity contribution in [3.63, 3.8) is 0 Å². The van der Waals surface area contributed by atoms with Gasteiger partial charge in [0.25, 0.3) is 0 Å². The molecule has 17 heavy (non-hydrogen) atoms. The quantitative estimate of drug-likeness (QED) is 0.816. The third-order valence-electron chi connectivity index (χ3n) is 3.86. The molecule has 0 unspecified atom stereocenters. The number of phenols is 1. The summed E-state index contributed by atoms with van der Waals surface area (Å²) in [6.07, 6.45) is 6.52. The Kier molecular flexibility index (Phi) is 2.54. The predicted octanol–water partition coefficient (Wildman–Crippen LogP) is 3.33. The highest BCUT2D eigenvalue weighted by Gasteiger charge is 2.21. The second-order valence-electron chi connectivity index (χ2n) is 5.05. The molecule has 0 atom stereocenters. The van der Waals surface area contributed by atoms with Crippen molar-refractivity contribution >= 4 is 10.9 Å². The Morgan fingerprint density at radius 2 is 2.00 bits per heavy atom. The summed E-state index contributed by atoms with van der Waals surface area (Å²) in [5.41, 5.74) is 2.26. The fourth-order valence-electron chi connectivity index (χ4n) is 2.95. The number of benzene rings is 1. The Morgan fingerprint density at radius 1 is 1.24 bits per heavy atom. The molecule has 0 amide bonds. The van der Waals surface area contributed by atoms with Gasteiger partial charge in [0, 0.05) is 24.4 Å². The molecule has 1 fully saturated rings. The Bertz CT molecular complexity index is 538. The molecule has 1 saturated carbocycles. The average Bonchev–Trinajstić information content (AvgIpc) is 2.68. The van der Waals surface area contributed by atoms with E-state index in [1.165, 1.54) is 43.2 Å². The van der Waals surface area contributed by atoms with Gasteiger partial charge in [0.2, 0.25) is 0 Å². The normalized spacial score (nSPS) is 17.7. The van der Waals surface area contributed by atoms with Crippen LogP contribution in [0.2, 0.25) is 0 Å². The topological polar surface area (TPSA) is 38.0 Å². The number of rotatable bonds is 1. The Labute approximate surface area is 101 Å². The van der Waals surface area contributed by atoms with Crippen LogP contribution in [0.25, 0.3) is 10.9 Å². The summed E-state index contributed by atoms with van der Waals surface area (Å²) in [6, 6.07) is 5.56. The van der Waals surface area contributed by atoms with Gasteiger partial charge >= 0.3 is 0 Å². The van der Waals surface area contributed by atoms with Gasteiger partial charge < -0.3 is 5.11 Å². The van der Waals surface area contributed by atoms with Crippen LogP contribution in [0.4, 0.5) is 0 Å². The number of nitrogens with zero attached hydrogens (tertiary/aromatic N) is 2. The van der Waals surface area contributed by atoms with Crippen molar-refractivity contribution in [2.45, 2.75) is 38.0 Å². The SMILES string of the molecule is Cn1nc(C2CCCCC2)c2ccc(O)cc21. The first-order valence-corrected chi connectivity index (χ1v) is 6.41. The first-order chi connectivity index (χ1) is 8.25. The number of fused-ring (bicyclic) bond motifs is 1. The molecule has 0 spiro atoms. The third-order valence-corrected chi connectivity index (χ3v) is 3.86. The zero-order valence-electron chi connectivity index (χ0n) is 10.2. The molecule has 1 N–H and O–H groups in total. The van der Waals surface area contributed by atoms with Crippen LogP contribution >= 0.6 is 0 Å². The standard InChI is InChI=1S/C14H18N2O/c1-16-13-9-11(17)7-8-12(13)14(15-16)10-5-3-2-4-6-10/h7-10,17H,2-6H2,1H3. The van der Waals surface area contributed by atoms with Crippen molar-refractivity contribution in [3.8, 4) is 5.75 Å². The van der Waals surface area contributed by atoms with Crippen LogP contribution in [0.5, 0.6) is 5.75 Å². The van der Waals surface area contributed by atoms with Crippen molar-refractivity contribution in [1.29, 1.82) is 0 Å². The number of aryl methyl sites for hydroxylation is 1. The van der Waals surface area contributed by atoms with Gasteiger partial charge in [-0.25, -0.2) is 0 Å². The number of aromatic hydroxyl groups is 1. The molecule has 90 valence electrons. The van der Waals surface area contributed by atoms with E-state index in [4.69, 9.17) is 0 Å². The highest BCUT2D eigenvalue weighted by Crippen LogP contribution is 2.36. The maximum Gasteiger partial charge on any atom is 0.117 e. The van der Waals surface area contributed by atoms with Gasteiger partial charge in [-0.05, 0) is 25.0 Å². The summed E-state index contributed by atoms with van der Waals surface area (Å²) in [6.45, 7) is 0. The minimum absolute atomic E-state index is 0.315. The molecule has 1 aromatic heterocycles. The second-order valence-corrected chi connectivity index (χ2v) is 5.05. The number of aromatic nitrogens is 2. The fraction of sp³-hybridized carbons (Fsp3) is 0.500. The first kappa shape index (κ1) is 10.6. The monoisotopic (exact) mass is 230 g/mol. The smallest absolute Gasteiger partial charge is 0.117 e. The summed E-state index contributed by atoms with van der Waals surface area (Å²) in [4.78, 5) is 0. The van der Waals surface area contributed by atoms with Crippen molar-refractivity contribution < 1.29 is 5.11 Å². The van der Waals surface area contributed by atoms with Crippen molar-refractivity contribution in [3.05, 3.63) is 23.9 Å². The Morgan fingerprint density at radius 3 is 2.76 bits per heavy atom. The molecule has 2 aromatic rings. The molecule has 1 heterocycles. The fourth-order valence-corrected chi connectivity index (χ4v) is 2.95. The second kappa shape index (κ2) is 4.06. The lowest BCUT2D eigenvalue weighted by Crippen LogP contribution is -2.06. The van der Waals surface area contributed by atoms with Crippen molar-refractivity contribution in [2.75, 3.05) is 0 Å². The molecule has 1 aliphatic carbocycles. The molecule has 3 heteroatoms. The Hall–Kier alpha value is -1.51. The molecule has 1 aliphatic rings. The molecule has 3 nitrogen and oxygen atoms in total. The lowest BCUT2D eigenvalue weighted by atomic mass is 9.86. The Balaban J connectivity index is 2.10. The summed E-state index contributed by atoms with van der Waals surface area (Å²) < 4.78 is 1.89. The third kappa shape index (κ3) is 1.79. The maximum atomic E-state index is 9.53. The number of hydrogen-bond acceptors (Lipinski definition) is 2.